The van der Waals surface area contributed by atoms with E-state index in [9.17, 15) is 4.79 Å². The van der Waals surface area contributed by atoms with Crippen LogP contribution in [-0.4, -0.2) is 26.7 Å². The molecule has 0 atom stereocenters. The smallest absolute Gasteiger partial charge is 0.150 e. The Morgan fingerprint density at radius 2 is 1.67 bits per heavy atom. The first-order valence-electron chi connectivity index (χ1n) is 4.70. The highest BCUT2D eigenvalue weighted by molar-refractivity contribution is 5.74. The van der Waals surface area contributed by atoms with Gasteiger partial charge in [0.25, 0.3) is 0 Å². The predicted octanol–water partition coefficient (Wildman–Crippen LogP) is 1.85. The van der Waals surface area contributed by atoms with E-state index in [1.807, 2.05) is 45.0 Å². The maximum atomic E-state index is 10.1. The molecule has 0 saturated heterocycles. The average molecular weight is 209 g/mol. The minimum absolute atomic E-state index is 0.737. The molecule has 0 saturated carbocycles. The fourth-order valence-electron chi connectivity index (χ4n) is 0.645. The van der Waals surface area contributed by atoms with Gasteiger partial charge in [0.05, 0.1) is 0 Å². The maximum absolute atomic E-state index is 10.1. The molecule has 0 spiro atoms. The van der Waals surface area contributed by atoms with Gasteiger partial charge in [0.2, 0.25) is 0 Å². The molecule has 1 N–H and O–H groups in total. The largest absolute Gasteiger partial charge is 0.320 e. The third-order valence-corrected chi connectivity index (χ3v) is 1.57. The van der Waals surface area contributed by atoms with Crippen LogP contribution in [0.1, 0.15) is 22.8 Å². The van der Waals surface area contributed by atoms with Gasteiger partial charge in [-0.3, -0.25) is 4.79 Å². The molecule has 0 unspecified atom stereocenters. The quantitative estimate of drug-likeness (QED) is 0.756. The first kappa shape index (κ1) is 16.0. The fourth-order valence-corrected chi connectivity index (χ4v) is 0.645. The minimum atomic E-state index is 0.737. The van der Waals surface area contributed by atoms with E-state index >= 15 is 0 Å². The van der Waals surface area contributed by atoms with Gasteiger partial charge in [0.15, 0.2) is 0 Å². The lowest BCUT2D eigenvalue weighted by molar-refractivity contribution is -0.0979. The zero-order valence-electron chi connectivity index (χ0n) is 9.62. The van der Waals surface area contributed by atoms with Crippen LogP contribution in [0.25, 0.3) is 0 Å². The summed E-state index contributed by atoms with van der Waals surface area (Å²) in [4.78, 5) is 18.1. The summed E-state index contributed by atoms with van der Waals surface area (Å²) in [6.45, 7) is 7.13. The fraction of sp³-hybridized carbons (Fsp3) is 0.333. The third-order valence-electron chi connectivity index (χ3n) is 1.57. The molecule has 0 bridgehead atoms. The van der Waals surface area contributed by atoms with Gasteiger partial charge in [-0.1, -0.05) is 36.8 Å². The second-order valence-electron chi connectivity index (χ2n) is 2.74. The van der Waals surface area contributed by atoms with Crippen LogP contribution >= 0.6 is 0 Å². The number of carbonyl (C=O) groups is 2. The van der Waals surface area contributed by atoms with Crippen molar-refractivity contribution in [1.29, 1.82) is 0 Å². The molecule has 1 aromatic rings. The summed E-state index contributed by atoms with van der Waals surface area (Å²) in [5.41, 5.74) is 1.92. The highest BCUT2D eigenvalue weighted by Gasteiger charge is 1.85. The second kappa shape index (κ2) is 12.5. The molecule has 0 aromatic heterocycles. The number of hydrogen-bond donors (Lipinski definition) is 1. The normalized spacial score (nSPS) is 7.67. The molecule has 15 heavy (non-hydrogen) atoms. The lowest BCUT2D eigenvalue weighted by Crippen LogP contribution is -2.01. The van der Waals surface area contributed by atoms with Crippen molar-refractivity contribution in [2.24, 2.45) is 0 Å². The second-order valence-corrected chi connectivity index (χ2v) is 2.74. The standard InChI is InChI=1S/C8H8O.C3H9N.CH2O/c1-7-2-4-8(6-9)5-3-7;1-3-4-2;1-2/h2-6H,1H3;4H,3H2,1-2H3;1H2. The third kappa shape index (κ3) is 10.4. The predicted molar refractivity (Wildman–Crippen MR) is 63.3 cm³/mol. The van der Waals surface area contributed by atoms with Crippen molar-refractivity contribution in [3.8, 4) is 0 Å². The van der Waals surface area contributed by atoms with E-state index in [0.717, 1.165) is 18.4 Å². The van der Waals surface area contributed by atoms with Crippen LogP contribution < -0.4 is 5.32 Å². The van der Waals surface area contributed by atoms with Crippen LogP contribution in [0.2, 0.25) is 0 Å². The number of hydrogen-bond acceptors (Lipinski definition) is 3. The van der Waals surface area contributed by atoms with Crippen molar-refractivity contribution >= 4 is 13.1 Å². The van der Waals surface area contributed by atoms with E-state index in [4.69, 9.17) is 4.79 Å². The summed E-state index contributed by atoms with van der Waals surface area (Å²) in [6.07, 6.45) is 0.847. The van der Waals surface area contributed by atoms with E-state index in [2.05, 4.69) is 12.2 Å². The summed E-state index contributed by atoms with van der Waals surface area (Å²) < 4.78 is 0. The first-order valence-corrected chi connectivity index (χ1v) is 4.70. The van der Waals surface area contributed by atoms with Gasteiger partial charge < -0.3 is 10.1 Å². The van der Waals surface area contributed by atoms with E-state index in [-0.39, 0.29) is 0 Å². The van der Waals surface area contributed by atoms with Gasteiger partial charge in [-0.25, -0.2) is 0 Å². The lowest BCUT2D eigenvalue weighted by Gasteiger charge is -1.89. The molecule has 0 fully saturated rings. The summed E-state index contributed by atoms with van der Waals surface area (Å²) in [5.74, 6) is 0. The Labute approximate surface area is 91.5 Å². The molecule has 1 aromatic carbocycles. The van der Waals surface area contributed by atoms with Crippen molar-refractivity contribution in [3.05, 3.63) is 35.4 Å². The lowest BCUT2D eigenvalue weighted by atomic mass is 10.2. The Hall–Kier alpha value is -1.48. The zero-order chi connectivity index (χ0) is 12.1. The number of benzene rings is 1. The molecule has 0 heterocycles. The van der Waals surface area contributed by atoms with Gasteiger partial charge in [0.1, 0.15) is 13.1 Å². The Kier molecular flexibility index (Phi) is 13.3. The van der Waals surface area contributed by atoms with Crippen LogP contribution in [0.3, 0.4) is 0 Å². The molecule has 0 radical (unpaired) electrons. The van der Waals surface area contributed by atoms with E-state index in [0.29, 0.717) is 0 Å². The molecule has 0 amide bonds. The van der Waals surface area contributed by atoms with Gasteiger partial charge in [0, 0.05) is 5.56 Å². The van der Waals surface area contributed by atoms with Crippen molar-refractivity contribution in [2.45, 2.75) is 13.8 Å². The molecule has 3 nitrogen and oxygen atoms in total. The summed E-state index contributed by atoms with van der Waals surface area (Å²) in [5, 5.41) is 2.93. The van der Waals surface area contributed by atoms with Gasteiger partial charge in [-0.05, 0) is 20.5 Å². The minimum Gasteiger partial charge on any atom is -0.320 e. The van der Waals surface area contributed by atoms with Crippen molar-refractivity contribution < 1.29 is 9.59 Å². The number of carbonyl (C=O) groups excluding carboxylic acids is 2. The molecule has 0 aliphatic rings. The van der Waals surface area contributed by atoms with Crippen LogP contribution in [-0.2, 0) is 4.79 Å². The van der Waals surface area contributed by atoms with E-state index in [1.165, 1.54) is 5.56 Å². The SMILES string of the molecule is C=O.CCNC.Cc1ccc(C=O)cc1. The Morgan fingerprint density at radius 1 is 1.27 bits per heavy atom. The Balaban J connectivity index is 0. The number of nitrogens with one attached hydrogen (secondary N) is 1. The van der Waals surface area contributed by atoms with Crippen LogP contribution in [0.15, 0.2) is 24.3 Å². The maximum Gasteiger partial charge on any atom is 0.150 e. The molecule has 0 aliphatic heterocycles. The zero-order valence-corrected chi connectivity index (χ0v) is 9.62. The van der Waals surface area contributed by atoms with Crippen molar-refractivity contribution in [1.82, 2.24) is 5.32 Å². The van der Waals surface area contributed by atoms with E-state index < -0.39 is 0 Å². The Bertz CT molecular complexity index is 242. The summed E-state index contributed by atoms with van der Waals surface area (Å²) in [6, 6.07) is 7.46. The summed E-state index contributed by atoms with van der Waals surface area (Å²) in [7, 11) is 1.93. The van der Waals surface area contributed by atoms with Gasteiger partial charge in [-0.2, -0.15) is 0 Å². The first-order chi connectivity index (χ1) is 7.24. The topological polar surface area (TPSA) is 46.2 Å². The molecule has 1 rings (SSSR count). The highest BCUT2D eigenvalue weighted by Crippen LogP contribution is 1.98. The average Bonchev–Trinajstić information content (AvgIpc) is 2.33. The van der Waals surface area contributed by atoms with Crippen molar-refractivity contribution in [2.75, 3.05) is 13.6 Å². The van der Waals surface area contributed by atoms with Gasteiger partial charge in [-0.15, -0.1) is 0 Å². The van der Waals surface area contributed by atoms with Crippen LogP contribution in [0.4, 0.5) is 0 Å². The number of aldehydes is 1. The van der Waals surface area contributed by atoms with Crippen molar-refractivity contribution in [3.63, 3.8) is 0 Å². The van der Waals surface area contributed by atoms with Crippen LogP contribution in [0.5, 0.6) is 0 Å². The summed E-state index contributed by atoms with van der Waals surface area (Å²) >= 11 is 0. The Morgan fingerprint density at radius 3 is 1.93 bits per heavy atom. The highest BCUT2D eigenvalue weighted by atomic mass is 16.1. The molecular formula is C12H19NO2. The molecule has 3 heteroatoms. The number of rotatable bonds is 2. The van der Waals surface area contributed by atoms with E-state index in [1.54, 1.807) is 0 Å². The number of aryl methyl sites for hydroxylation is 1. The monoisotopic (exact) mass is 209 g/mol. The van der Waals surface area contributed by atoms with Crippen LogP contribution in [0, 0.1) is 6.92 Å². The van der Waals surface area contributed by atoms with Gasteiger partial charge >= 0.3 is 0 Å². The molecule has 84 valence electrons. The molecule has 0 aliphatic carbocycles. The molecular weight excluding hydrogens is 190 g/mol.